The number of carbonyl (C=O) groups is 1. The van der Waals surface area contributed by atoms with Gasteiger partial charge in [-0.15, -0.1) is 0 Å². The number of carbonyl (C=O) groups excluding carboxylic acids is 1. The van der Waals surface area contributed by atoms with Gasteiger partial charge >= 0.3 is 0 Å². The average Bonchev–Trinajstić information content (AvgIpc) is 3.20. The molecule has 6 nitrogen and oxygen atoms in total. The molecule has 2 aromatic rings. The number of benzene rings is 1. The minimum Gasteiger partial charge on any atom is -0.382 e. The highest BCUT2D eigenvalue weighted by Crippen LogP contribution is 2.25. The van der Waals surface area contributed by atoms with E-state index in [1.165, 1.54) is 0 Å². The van der Waals surface area contributed by atoms with Crippen LogP contribution in [0, 0.1) is 0 Å². The molecule has 2 aliphatic rings. The maximum atomic E-state index is 12.5. The summed E-state index contributed by atoms with van der Waals surface area (Å²) in [5, 5.41) is 3.85. The summed E-state index contributed by atoms with van der Waals surface area (Å²) in [6, 6.07) is 9.84. The minimum atomic E-state index is -0.495. The zero-order valence-corrected chi connectivity index (χ0v) is 12.8. The van der Waals surface area contributed by atoms with Gasteiger partial charge in [0.1, 0.15) is 0 Å². The predicted molar refractivity (Wildman–Crippen MR) is 84.3 cm³/mol. The van der Waals surface area contributed by atoms with Gasteiger partial charge in [0, 0.05) is 30.3 Å². The molecule has 0 saturated carbocycles. The van der Waals surface area contributed by atoms with E-state index in [1.807, 2.05) is 43.5 Å². The summed E-state index contributed by atoms with van der Waals surface area (Å²) in [5.41, 5.74) is 3.73. The smallest absolute Gasteiger partial charge is 0.267 e. The molecule has 1 aromatic carbocycles. The highest BCUT2D eigenvalue weighted by atomic mass is 16.6. The highest BCUT2D eigenvalue weighted by Gasteiger charge is 2.34. The van der Waals surface area contributed by atoms with Crippen LogP contribution in [0.25, 0.3) is 11.4 Å². The van der Waals surface area contributed by atoms with Crippen molar-refractivity contribution in [1.29, 1.82) is 0 Å². The van der Waals surface area contributed by atoms with Crippen LogP contribution in [0.2, 0.25) is 0 Å². The Balaban J connectivity index is 1.53. The van der Waals surface area contributed by atoms with Crippen molar-refractivity contribution in [3.05, 3.63) is 47.8 Å². The fraction of sp³-hybridized carbons (Fsp3) is 0.294. The molecule has 0 spiro atoms. The summed E-state index contributed by atoms with van der Waals surface area (Å²) >= 11 is 0. The van der Waals surface area contributed by atoms with Crippen molar-refractivity contribution >= 4 is 11.6 Å². The second kappa shape index (κ2) is 5.46. The van der Waals surface area contributed by atoms with Crippen LogP contribution in [-0.2, 0) is 22.7 Å². The number of nitrogens with zero attached hydrogens (tertiary/aromatic N) is 4. The van der Waals surface area contributed by atoms with Gasteiger partial charge in [-0.3, -0.25) is 4.79 Å². The lowest BCUT2D eigenvalue weighted by molar-refractivity contribution is -0.142. The molecule has 1 unspecified atom stereocenters. The summed E-state index contributed by atoms with van der Waals surface area (Å²) in [7, 11) is 0. The van der Waals surface area contributed by atoms with Crippen molar-refractivity contribution in [1.82, 2.24) is 14.9 Å². The Morgan fingerprint density at radius 3 is 2.83 bits per heavy atom. The second-order valence-electron chi connectivity index (χ2n) is 5.85. The van der Waals surface area contributed by atoms with Crippen molar-refractivity contribution < 1.29 is 9.63 Å². The van der Waals surface area contributed by atoms with Crippen LogP contribution in [0.3, 0.4) is 0 Å². The molecule has 0 radical (unpaired) electrons. The number of aromatic nitrogens is 2. The molecule has 0 N–H and O–H groups in total. The van der Waals surface area contributed by atoms with E-state index in [4.69, 9.17) is 4.84 Å². The quantitative estimate of drug-likeness (QED) is 0.852. The SMILES string of the molecule is CC1=NOC(C(=O)N2Cc3cnc(-c4ccccc4)nc3C2)C1. The molecule has 23 heavy (non-hydrogen) atoms. The number of fused-ring (bicyclic) bond motifs is 1. The summed E-state index contributed by atoms with van der Waals surface area (Å²) in [4.78, 5) is 28.5. The molecular formula is C17H16N4O2. The van der Waals surface area contributed by atoms with E-state index in [9.17, 15) is 4.79 Å². The van der Waals surface area contributed by atoms with Gasteiger partial charge in [0.2, 0.25) is 6.10 Å². The van der Waals surface area contributed by atoms with Crippen LogP contribution < -0.4 is 0 Å². The van der Waals surface area contributed by atoms with Crippen LogP contribution in [-0.4, -0.2) is 32.6 Å². The highest BCUT2D eigenvalue weighted by molar-refractivity contribution is 5.91. The van der Waals surface area contributed by atoms with E-state index in [0.717, 1.165) is 22.5 Å². The minimum absolute atomic E-state index is 0.0372. The molecule has 6 heteroatoms. The topological polar surface area (TPSA) is 67.7 Å². The van der Waals surface area contributed by atoms with E-state index < -0.39 is 6.10 Å². The van der Waals surface area contributed by atoms with Gasteiger partial charge in [-0.25, -0.2) is 9.97 Å². The van der Waals surface area contributed by atoms with Gasteiger partial charge in [-0.2, -0.15) is 0 Å². The molecule has 0 fully saturated rings. The maximum Gasteiger partial charge on any atom is 0.267 e. The molecule has 116 valence electrons. The standard InChI is InChI=1S/C17H16N4O2/c1-11-7-15(23-20-11)17(22)21-9-13-8-18-16(19-14(13)10-21)12-5-3-2-4-6-12/h2-6,8,15H,7,9-10H2,1H3. The molecule has 4 rings (SSSR count). The van der Waals surface area contributed by atoms with E-state index in [0.29, 0.717) is 25.3 Å². The normalized spacial score (nSPS) is 19.3. The Hall–Kier alpha value is -2.76. The third-order valence-corrected chi connectivity index (χ3v) is 4.09. The van der Waals surface area contributed by atoms with Gasteiger partial charge in [0.05, 0.1) is 18.0 Å². The Morgan fingerprint density at radius 1 is 1.26 bits per heavy atom. The molecule has 3 heterocycles. The predicted octanol–water partition coefficient (Wildman–Crippen LogP) is 2.15. The zero-order chi connectivity index (χ0) is 15.8. The van der Waals surface area contributed by atoms with Crippen LogP contribution in [0.5, 0.6) is 0 Å². The first-order chi connectivity index (χ1) is 11.2. The molecule has 2 aliphatic heterocycles. The third kappa shape index (κ3) is 2.56. The Kier molecular flexibility index (Phi) is 3.29. The van der Waals surface area contributed by atoms with Crippen molar-refractivity contribution in [3.8, 4) is 11.4 Å². The molecule has 0 aliphatic carbocycles. The lowest BCUT2D eigenvalue weighted by Gasteiger charge is -2.17. The van der Waals surface area contributed by atoms with Crippen molar-refractivity contribution in [2.45, 2.75) is 32.5 Å². The van der Waals surface area contributed by atoms with Crippen LogP contribution >= 0.6 is 0 Å². The Bertz CT molecular complexity index is 788. The third-order valence-electron chi connectivity index (χ3n) is 4.09. The van der Waals surface area contributed by atoms with Crippen LogP contribution in [0.15, 0.2) is 41.7 Å². The summed E-state index contributed by atoms with van der Waals surface area (Å²) < 4.78 is 0. The largest absolute Gasteiger partial charge is 0.382 e. The first-order valence-corrected chi connectivity index (χ1v) is 7.59. The molecular weight excluding hydrogens is 292 g/mol. The summed E-state index contributed by atoms with van der Waals surface area (Å²) in [6.45, 7) is 2.89. The molecule has 0 saturated heterocycles. The van der Waals surface area contributed by atoms with Gasteiger partial charge in [-0.1, -0.05) is 35.5 Å². The first-order valence-electron chi connectivity index (χ1n) is 7.59. The van der Waals surface area contributed by atoms with Crippen molar-refractivity contribution in [2.24, 2.45) is 5.16 Å². The van der Waals surface area contributed by atoms with E-state index in [-0.39, 0.29) is 5.91 Å². The molecule has 1 amide bonds. The maximum absolute atomic E-state index is 12.5. The number of rotatable bonds is 2. The fourth-order valence-corrected chi connectivity index (χ4v) is 2.87. The van der Waals surface area contributed by atoms with Crippen LogP contribution in [0.4, 0.5) is 0 Å². The molecule has 1 aromatic heterocycles. The number of hydrogen-bond acceptors (Lipinski definition) is 5. The van der Waals surface area contributed by atoms with E-state index in [1.54, 1.807) is 4.90 Å². The number of amides is 1. The molecule has 1 atom stereocenters. The lowest BCUT2D eigenvalue weighted by Crippen LogP contribution is -2.35. The summed E-state index contributed by atoms with van der Waals surface area (Å²) in [6.07, 6.45) is 1.88. The second-order valence-corrected chi connectivity index (χ2v) is 5.85. The Labute approximate surface area is 133 Å². The Morgan fingerprint density at radius 2 is 2.09 bits per heavy atom. The monoisotopic (exact) mass is 308 g/mol. The average molecular weight is 308 g/mol. The fourth-order valence-electron chi connectivity index (χ4n) is 2.87. The van der Waals surface area contributed by atoms with Crippen molar-refractivity contribution in [3.63, 3.8) is 0 Å². The van der Waals surface area contributed by atoms with Gasteiger partial charge in [0.15, 0.2) is 5.82 Å². The summed E-state index contributed by atoms with van der Waals surface area (Å²) in [5.74, 6) is 0.653. The number of hydrogen-bond donors (Lipinski definition) is 0. The van der Waals surface area contributed by atoms with Gasteiger partial charge < -0.3 is 9.74 Å². The van der Waals surface area contributed by atoms with Gasteiger partial charge in [-0.05, 0) is 6.92 Å². The van der Waals surface area contributed by atoms with Crippen molar-refractivity contribution in [2.75, 3.05) is 0 Å². The zero-order valence-electron chi connectivity index (χ0n) is 12.8. The van der Waals surface area contributed by atoms with E-state index in [2.05, 4.69) is 15.1 Å². The van der Waals surface area contributed by atoms with Crippen LogP contribution in [0.1, 0.15) is 24.6 Å². The number of oxime groups is 1. The first kappa shape index (κ1) is 13.9. The van der Waals surface area contributed by atoms with E-state index >= 15 is 0 Å². The van der Waals surface area contributed by atoms with Gasteiger partial charge in [0.25, 0.3) is 5.91 Å². The lowest BCUT2D eigenvalue weighted by atomic mass is 10.2. The molecule has 0 bridgehead atoms.